The fraction of sp³-hybridized carbons (Fsp3) is 0.900. The average molecular weight is 221 g/mol. The first-order valence-electron chi connectivity index (χ1n) is 5.06. The Balaban J connectivity index is 2.52. The molecular weight excluding hydrogens is 204 g/mol. The predicted molar refractivity (Wildman–Crippen MR) is 51.6 cm³/mol. The number of hydrogen-bond donors (Lipinski definition) is 1. The Labute approximate surface area is 88.1 Å². The van der Waals surface area contributed by atoms with Crippen LogP contribution in [0.15, 0.2) is 0 Å². The van der Waals surface area contributed by atoms with Gasteiger partial charge in [-0.1, -0.05) is 13.8 Å². The summed E-state index contributed by atoms with van der Waals surface area (Å²) in [5, 5.41) is 8.69. The molecular formula is C10H17F2NO2. The van der Waals surface area contributed by atoms with Gasteiger partial charge in [0, 0.05) is 12.5 Å². The second-order valence-corrected chi connectivity index (χ2v) is 4.64. The third-order valence-electron chi connectivity index (χ3n) is 2.85. The van der Waals surface area contributed by atoms with Gasteiger partial charge in [0.1, 0.15) is 0 Å². The molecule has 1 aliphatic rings. The minimum atomic E-state index is -2.54. The molecule has 1 unspecified atom stereocenters. The van der Waals surface area contributed by atoms with Gasteiger partial charge in [-0.25, -0.2) is 8.78 Å². The van der Waals surface area contributed by atoms with Crippen LogP contribution < -0.4 is 0 Å². The topological polar surface area (TPSA) is 40.5 Å². The lowest BCUT2D eigenvalue weighted by atomic mass is 10.1. The zero-order chi connectivity index (χ0) is 11.6. The zero-order valence-corrected chi connectivity index (χ0v) is 9.04. The highest BCUT2D eigenvalue weighted by atomic mass is 19.3. The summed E-state index contributed by atoms with van der Waals surface area (Å²) in [5.41, 5.74) is -0.0626. The molecule has 0 radical (unpaired) electrons. The van der Waals surface area contributed by atoms with Crippen LogP contribution in [0, 0.1) is 11.3 Å². The SMILES string of the molecule is CC1(C)CC1C(=O)N(CCO)CC(F)F. The third-order valence-corrected chi connectivity index (χ3v) is 2.85. The Morgan fingerprint density at radius 2 is 2.13 bits per heavy atom. The first kappa shape index (κ1) is 12.4. The third kappa shape index (κ3) is 3.12. The van der Waals surface area contributed by atoms with Gasteiger partial charge in [0.05, 0.1) is 13.2 Å². The Hall–Kier alpha value is -0.710. The maximum absolute atomic E-state index is 12.2. The highest BCUT2D eigenvalue weighted by Gasteiger charge is 2.51. The Morgan fingerprint density at radius 3 is 2.47 bits per heavy atom. The minimum absolute atomic E-state index is 0.00421. The summed E-state index contributed by atoms with van der Waals surface area (Å²) in [6.07, 6.45) is -1.79. The van der Waals surface area contributed by atoms with Crippen LogP contribution in [0.4, 0.5) is 8.78 Å². The molecule has 0 saturated heterocycles. The number of amides is 1. The van der Waals surface area contributed by atoms with E-state index in [1.54, 1.807) is 0 Å². The molecule has 88 valence electrons. The molecule has 5 heteroatoms. The molecule has 1 N–H and O–H groups in total. The molecule has 1 rings (SSSR count). The molecule has 0 bridgehead atoms. The Bertz CT molecular complexity index is 244. The number of rotatable bonds is 5. The van der Waals surface area contributed by atoms with E-state index in [1.807, 2.05) is 13.8 Å². The van der Waals surface area contributed by atoms with Crippen LogP contribution in [0.2, 0.25) is 0 Å². The van der Waals surface area contributed by atoms with Crippen molar-refractivity contribution in [3.63, 3.8) is 0 Å². The lowest BCUT2D eigenvalue weighted by molar-refractivity contribution is -0.135. The van der Waals surface area contributed by atoms with E-state index >= 15 is 0 Å². The van der Waals surface area contributed by atoms with Crippen LogP contribution in [0.25, 0.3) is 0 Å². The van der Waals surface area contributed by atoms with Crippen molar-refractivity contribution in [1.29, 1.82) is 0 Å². The van der Waals surface area contributed by atoms with Crippen molar-refractivity contribution in [1.82, 2.24) is 4.90 Å². The molecule has 0 aromatic heterocycles. The number of nitrogens with zero attached hydrogens (tertiary/aromatic N) is 1. The Kier molecular flexibility index (Phi) is 3.65. The van der Waals surface area contributed by atoms with Crippen molar-refractivity contribution < 1.29 is 18.7 Å². The van der Waals surface area contributed by atoms with Crippen LogP contribution in [0.1, 0.15) is 20.3 Å². The van der Waals surface area contributed by atoms with Crippen LogP contribution >= 0.6 is 0 Å². The zero-order valence-electron chi connectivity index (χ0n) is 9.04. The number of carbonyl (C=O) groups excluding carboxylic acids is 1. The van der Waals surface area contributed by atoms with Gasteiger partial charge in [0.2, 0.25) is 5.91 Å². The Morgan fingerprint density at radius 1 is 1.60 bits per heavy atom. The van der Waals surface area contributed by atoms with Crippen molar-refractivity contribution in [2.45, 2.75) is 26.7 Å². The summed E-state index contributed by atoms with van der Waals surface area (Å²) in [6.45, 7) is 3.03. The lowest BCUT2D eigenvalue weighted by Crippen LogP contribution is -2.38. The number of halogens is 2. The van der Waals surface area contributed by atoms with Gasteiger partial charge in [0.15, 0.2) is 0 Å². The van der Waals surface area contributed by atoms with Gasteiger partial charge in [-0.3, -0.25) is 4.79 Å². The number of aliphatic hydroxyl groups excluding tert-OH is 1. The molecule has 1 aliphatic carbocycles. The molecule has 1 amide bonds. The van der Waals surface area contributed by atoms with Crippen LogP contribution in [0.3, 0.4) is 0 Å². The number of alkyl halides is 2. The van der Waals surface area contributed by atoms with Crippen molar-refractivity contribution >= 4 is 5.91 Å². The van der Waals surface area contributed by atoms with Crippen LogP contribution in [0.5, 0.6) is 0 Å². The standard InChI is InChI=1S/C10H17F2NO2/c1-10(2)5-7(10)9(15)13(3-4-14)6-8(11)12/h7-8,14H,3-6H2,1-2H3. The molecule has 15 heavy (non-hydrogen) atoms. The van der Waals surface area contributed by atoms with Crippen molar-refractivity contribution in [2.24, 2.45) is 11.3 Å². The summed E-state index contributed by atoms with van der Waals surface area (Å²) < 4.78 is 24.3. The molecule has 0 aliphatic heterocycles. The lowest BCUT2D eigenvalue weighted by Gasteiger charge is -2.22. The molecule has 1 atom stereocenters. The highest BCUT2D eigenvalue weighted by molar-refractivity contribution is 5.82. The summed E-state index contributed by atoms with van der Waals surface area (Å²) in [7, 11) is 0. The fourth-order valence-electron chi connectivity index (χ4n) is 1.69. The normalized spacial score (nSPS) is 22.9. The monoisotopic (exact) mass is 221 g/mol. The first-order chi connectivity index (χ1) is 6.88. The van der Waals surface area contributed by atoms with E-state index in [9.17, 15) is 13.6 Å². The van der Waals surface area contributed by atoms with Crippen LogP contribution in [-0.4, -0.2) is 42.0 Å². The van der Waals surface area contributed by atoms with Gasteiger partial charge in [-0.15, -0.1) is 0 Å². The second kappa shape index (κ2) is 4.43. The molecule has 0 heterocycles. The minimum Gasteiger partial charge on any atom is -0.395 e. The predicted octanol–water partition coefficient (Wildman–Crippen LogP) is 1.12. The summed E-state index contributed by atoms with van der Waals surface area (Å²) in [4.78, 5) is 12.8. The van der Waals surface area contributed by atoms with E-state index < -0.39 is 13.0 Å². The van der Waals surface area contributed by atoms with Crippen molar-refractivity contribution in [3.8, 4) is 0 Å². The van der Waals surface area contributed by atoms with E-state index in [1.165, 1.54) is 0 Å². The van der Waals surface area contributed by atoms with E-state index in [-0.39, 0.29) is 30.4 Å². The fourth-order valence-corrected chi connectivity index (χ4v) is 1.69. The van der Waals surface area contributed by atoms with Gasteiger partial charge in [-0.2, -0.15) is 0 Å². The van der Waals surface area contributed by atoms with E-state index in [4.69, 9.17) is 5.11 Å². The largest absolute Gasteiger partial charge is 0.395 e. The summed E-state index contributed by atoms with van der Waals surface area (Å²) >= 11 is 0. The quantitative estimate of drug-likeness (QED) is 0.755. The second-order valence-electron chi connectivity index (χ2n) is 4.64. The van der Waals surface area contributed by atoms with Crippen LogP contribution in [-0.2, 0) is 4.79 Å². The molecule has 0 aromatic carbocycles. The van der Waals surface area contributed by atoms with Gasteiger partial charge >= 0.3 is 0 Å². The van der Waals surface area contributed by atoms with Crippen molar-refractivity contribution in [3.05, 3.63) is 0 Å². The van der Waals surface area contributed by atoms with Gasteiger partial charge < -0.3 is 10.0 Å². The first-order valence-corrected chi connectivity index (χ1v) is 5.06. The van der Waals surface area contributed by atoms with E-state index in [0.717, 1.165) is 11.3 Å². The number of aliphatic hydroxyl groups is 1. The van der Waals surface area contributed by atoms with Gasteiger partial charge in [-0.05, 0) is 11.8 Å². The molecule has 0 spiro atoms. The highest BCUT2D eigenvalue weighted by Crippen LogP contribution is 2.52. The molecule has 1 fully saturated rings. The smallest absolute Gasteiger partial charge is 0.255 e. The van der Waals surface area contributed by atoms with Gasteiger partial charge in [0.25, 0.3) is 6.43 Å². The number of hydrogen-bond acceptors (Lipinski definition) is 2. The molecule has 0 aromatic rings. The van der Waals surface area contributed by atoms with E-state index in [0.29, 0.717) is 0 Å². The summed E-state index contributed by atoms with van der Waals surface area (Å²) in [6, 6.07) is 0. The van der Waals surface area contributed by atoms with E-state index in [2.05, 4.69) is 0 Å². The maximum atomic E-state index is 12.2. The summed E-state index contributed by atoms with van der Waals surface area (Å²) in [5.74, 6) is -0.405. The van der Waals surface area contributed by atoms with Crippen molar-refractivity contribution in [2.75, 3.05) is 19.7 Å². The molecule has 3 nitrogen and oxygen atoms in total. The number of carbonyl (C=O) groups is 1. The average Bonchev–Trinajstić information content (AvgIpc) is 2.72. The maximum Gasteiger partial charge on any atom is 0.255 e. The molecule has 1 saturated carbocycles.